The molecule has 3 N–H and O–H groups in total. The highest BCUT2D eigenvalue weighted by Crippen LogP contribution is 2.27. The summed E-state index contributed by atoms with van der Waals surface area (Å²) in [6, 6.07) is 8.09. The summed E-state index contributed by atoms with van der Waals surface area (Å²) in [6.07, 6.45) is 0. The molecule has 0 unspecified atom stereocenters. The SMILES string of the molecule is Cn1c(Nc2ccc(I)cc2Cl)c(C(N)=O)ccc1=O. The van der Waals surface area contributed by atoms with Gasteiger partial charge in [-0.15, -0.1) is 0 Å². The molecule has 0 fully saturated rings. The van der Waals surface area contributed by atoms with Gasteiger partial charge in [-0.05, 0) is 46.9 Å². The maximum atomic E-state index is 11.7. The Morgan fingerprint density at radius 2 is 2.05 bits per heavy atom. The average molecular weight is 404 g/mol. The van der Waals surface area contributed by atoms with E-state index in [-0.39, 0.29) is 11.1 Å². The van der Waals surface area contributed by atoms with Crippen molar-refractivity contribution in [3.8, 4) is 0 Å². The van der Waals surface area contributed by atoms with E-state index in [1.54, 1.807) is 19.2 Å². The Hall–Kier alpha value is -1.54. The maximum absolute atomic E-state index is 11.7. The number of amides is 1. The first-order valence-electron chi connectivity index (χ1n) is 5.62. The summed E-state index contributed by atoms with van der Waals surface area (Å²) in [7, 11) is 1.55. The second-order valence-electron chi connectivity index (χ2n) is 4.11. The third-order valence-corrected chi connectivity index (χ3v) is 3.75. The zero-order chi connectivity index (χ0) is 14.9. The standard InChI is InChI=1S/C13H11ClIN3O2/c1-18-11(19)5-3-8(12(16)20)13(18)17-10-4-2-7(15)6-9(10)14/h2-6,17H,1H3,(H2,16,20). The summed E-state index contributed by atoms with van der Waals surface area (Å²) < 4.78 is 2.30. The van der Waals surface area contributed by atoms with Gasteiger partial charge in [-0.1, -0.05) is 11.6 Å². The predicted molar refractivity (Wildman–Crippen MR) is 87.7 cm³/mol. The van der Waals surface area contributed by atoms with Crippen molar-refractivity contribution in [3.63, 3.8) is 0 Å². The number of benzene rings is 1. The first-order chi connectivity index (χ1) is 9.40. The van der Waals surface area contributed by atoms with E-state index in [2.05, 4.69) is 27.9 Å². The number of carbonyl (C=O) groups excluding carboxylic acids is 1. The number of primary amides is 1. The normalized spacial score (nSPS) is 10.3. The third-order valence-electron chi connectivity index (χ3n) is 2.76. The van der Waals surface area contributed by atoms with Gasteiger partial charge in [-0.2, -0.15) is 0 Å². The van der Waals surface area contributed by atoms with Crippen LogP contribution in [-0.2, 0) is 7.05 Å². The monoisotopic (exact) mass is 403 g/mol. The van der Waals surface area contributed by atoms with Gasteiger partial charge in [-0.3, -0.25) is 14.2 Å². The van der Waals surface area contributed by atoms with E-state index in [1.807, 2.05) is 6.07 Å². The van der Waals surface area contributed by atoms with Crippen molar-refractivity contribution in [2.24, 2.45) is 12.8 Å². The Kier molecular flexibility index (Phi) is 4.34. The van der Waals surface area contributed by atoms with Crippen LogP contribution in [-0.4, -0.2) is 10.5 Å². The van der Waals surface area contributed by atoms with Crippen molar-refractivity contribution in [2.45, 2.75) is 0 Å². The molecule has 1 aromatic heterocycles. The van der Waals surface area contributed by atoms with Crippen molar-refractivity contribution < 1.29 is 4.79 Å². The summed E-state index contributed by atoms with van der Waals surface area (Å²) in [4.78, 5) is 23.1. The molecule has 0 atom stereocenters. The molecular formula is C13H11ClIN3O2. The number of aromatic nitrogens is 1. The van der Waals surface area contributed by atoms with Gasteiger partial charge in [0.1, 0.15) is 5.82 Å². The minimum atomic E-state index is -0.621. The minimum Gasteiger partial charge on any atom is -0.365 e. The molecule has 0 bridgehead atoms. The molecule has 0 aliphatic carbocycles. The van der Waals surface area contributed by atoms with Crippen LogP contribution in [0.15, 0.2) is 35.1 Å². The van der Waals surface area contributed by atoms with E-state index < -0.39 is 5.91 Å². The number of nitrogens with two attached hydrogens (primary N) is 1. The Morgan fingerprint density at radius 3 is 2.65 bits per heavy atom. The average Bonchev–Trinajstić information content (AvgIpc) is 2.37. The molecule has 0 aliphatic heterocycles. The van der Waals surface area contributed by atoms with Crippen molar-refractivity contribution in [3.05, 3.63) is 54.8 Å². The van der Waals surface area contributed by atoms with Gasteiger partial charge < -0.3 is 11.1 Å². The number of rotatable bonds is 3. The fourth-order valence-corrected chi connectivity index (χ4v) is 2.61. The Balaban J connectivity index is 2.55. The molecule has 0 spiro atoms. The molecule has 1 aromatic carbocycles. The van der Waals surface area contributed by atoms with Crippen molar-refractivity contribution >= 4 is 51.6 Å². The summed E-state index contributed by atoms with van der Waals surface area (Å²) >= 11 is 8.27. The van der Waals surface area contributed by atoms with Crippen molar-refractivity contribution in [1.82, 2.24) is 4.57 Å². The van der Waals surface area contributed by atoms with Crippen LogP contribution < -0.4 is 16.6 Å². The lowest BCUT2D eigenvalue weighted by Crippen LogP contribution is -2.24. The third kappa shape index (κ3) is 2.96. The van der Waals surface area contributed by atoms with Crippen LogP contribution in [0.3, 0.4) is 0 Å². The minimum absolute atomic E-state index is 0.224. The van der Waals surface area contributed by atoms with E-state index in [9.17, 15) is 9.59 Å². The molecule has 5 nitrogen and oxygen atoms in total. The van der Waals surface area contributed by atoms with Crippen LogP contribution in [0.2, 0.25) is 5.02 Å². The maximum Gasteiger partial charge on any atom is 0.252 e. The van der Waals surface area contributed by atoms with Gasteiger partial charge in [0.2, 0.25) is 0 Å². The van der Waals surface area contributed by atoms with Gasteiger partial charge in [0, 0.05) is 16.7 Å². The van der Waals surface area contributed by atoms with E-state index in [4.69, 9.17) is 17.3 Å². The number of hydrogen-bond acceptors (Lipinski definition) is 3. The fourth-order valence-electron chi connectivity index (χ4n) is 1.70. The highest BCUT2D eigenvalue weighted by atomic mass is 127. The number of halogens is 2. The Morgan fingerprint density at radius 1 is 1.35 bits per heavy atom. The lowest BCUT2D eigenvalue weighted by atomic mass is 10.2. The molecule has 2 aromatic rings. The molecule has 20 heavy (non-hydrogen) atoms. The molecule has 7 heteroatoms. The predicted octanol–water partition coefficient (Wildman–Crippen LogP) is 2.49. The highest BCUT2D eigenvalue weighted by Gasteiger charge is 2.13. The molecule has 1 heterocycles. The molecular weight excluding hydrogens is 393 g/mol. The molecule has 104 valence electrons. The number of nitrogens with one attached hydrogen (secondary N) is 1. The first kappa shape index (κ1) is 14.9. The number of nitrogens with zero attached hydrogens (tertiary/aromatic N) is 1. The lowest BCUT2D eigenvalue weighted by Gasteiger charge is -2.15. The summed E-state index contributed by atoms with van der Waals surface area (Å²) in [5.74, 6) is -0.308. The highest BCUT2D eigenvalue weighted by molar-refractivity contribution is 14.1. The van der Waals surface area contributed by atoms with Gasteiger partial charge in [0.25, 0.3) is 11.5 Å². The van der Waals surface area contributed by atoms with Crippen LogP contribution in [0.25, 0.3) is 0 Å². The molecule has 0 aliphatic rings. The van der Waals surface area contributed by atoms with E-state index >= 15 is 0 Å². The van der Waals surface area contributed by atoms with Crippen molar-refractivity contribution in [1.29, 1.82) is 0 Å². The van der Waals surface area contributed by atoms with E-state index in [0.717, 1.165) is 3.57 Å². The smallest absolute Gasteiger partial charge is 0.252 e. The van der Waals surface area contributed by atoms with Crippen LogP contribution in [0.5, 0.6) is 0 Å². The summed E-state index contributed by atoms with van der Waals surface area (Å²) in [6.45, 7) is 0. The van der Waals surface area contributed by atoms with Gasteiger partial charge >= 0.3 is 0 Å². The first-order valence-corrected chi connectivity index (χ1v) is 7.07. The van der Waals surface area contributed by atoms with Crippen molar-refractivity contribution in [2.75, 3.05) is 5.32 Å². The topological polar surface area (TPSA) is 77.1 Å². The second-order valence-corrected chi connectivity index (χ2v) is 5.76. The Labute approximate surface area is 133 Å². The summed E-state index contributed by atoms with van der Waals surface area (Å²) in [5.41, 5.74) is 5.89. The molecule has 0 saturated heterocycles. The molecule has 0 saturated carbocycles. The zero-order valence-corrected chi connectivity index (χ0v) is 13.4. The van der Waals surface area contributed by atoms with Gasteiger partial charge in [0.15, 0.2) is 0 Å². The van der Waals surface area contributed by atoms with Crippen LogP contribution >= 0.6 is 34.2 Å². The van der Waals surface area contributed by atoms with Crippen LogP contribution in [0.1, 0.15) is 10.4 Å². The Bertz CT molecular complexity index is 743. The lowest BCUT2D eigenvalue weighted by molar-refractivity contribution is 0.100. The fraction of sp³-hybridized carbons (Fsp3) is 0.0769. The zero-order valence-electron chi connectivity index (χ0n) is 10.5. The quantitative estimate of drug-likeness (QED) is 0.773. The summed E-state index contributed by atoms with van der Waals surface area (Å²) in [5, 5.41) is 3.47. The second kappa shape index (κ2) is 5.84. The number of pyridine rings is 1. The number of carbonyl (C=O) groups is 1. The van der Waals surface area contributed by atoms with E-state index in [1.165, 1.54) is 16.7 Å². The van der Waals surface area contributed by atoms with Gasteiger partial charge in [-0.25, -0.2) is 0 Å². The molecule has 2 rings (SSSR count). The molecule has 1 amide bonds. The van der Waals surface area contributed by atoms with Gasteiger partial charge in [0.05, 0.1) is 16.3 Å². The molecule has 0 radical (unpaired) electrons. The number of hydrogen-bond donors (Lipinski definition) is 2. The van der Waals surface area contributed by atoms with Crippen LogP contribution in [0.4, 0.5) is 11.5 Å². The van der Waals surface area contributed by atoms with E-state index in [0.29, 0.717) is 16.5 Å². The number of anilines is 2. The largest absolute Gasteiger partial charge is 0.365 e. The van der Waals surface area contributed by atoms with Crippen LogP contribution in [0, 0.1) is 3.57 Å².